The van der Waals surface area contributed by atoms with Crippen LogP contribution in [-0.2, 0) is 0 Å². The molecular formula is C21H26BrNO3. The van der Waals surface area contributed by atoms with Crippen LogP contribution in [0.5, 0.6) is 11.5 Å². The summed E-state index contributed by atoms with van der Waals surface area (Å²) in [4.78, 5) is 12.5. The number of unbranched alkanes of at least 4 members (excludes halogenated alkanes) is 1. The van der Waals surface area contributed by atoms with Gasteiger partial charge in [0.25, 0.3) is 5.91 Å². The van der Waals surface area contributed by atoms with E-state index in [1.54, 1.807) is 12.1 Å². The average molecular weight is 420 g/mol. The maximum Gasteiger partial charge on any atom is 0.255 e. The Bertz CT molecular complexity index is 731. The second-order valence-corrected chi connectivity index (χ2v) is 7.39. The van der Waals surface area contributed by atoms with Gasteiger partial charge < -0.3 is 14.8 Å². The quantitative estimate of drug-likeness (QED) is 0.513. The minimum atomic E-state index is -0.174. The highest BCUT2D eigenvalue weighted by Crippen LogP contribution is 2.27. The van der Waals surface area contributed by atoms with Gasteiger partial charge >= 0.3 is 0 Å². The molecule has 5 heteroatoms. The zero-order valence-corrected chi connectivity index (χ0v) is 17.1. The molecule has 0 bridgehead atoms. The third kappa shape index (κ3) is 6.37. The summed E-state index contributed by atoms with van der Waals surface area (Å²) in [5.74, 6) is 1.76. The molecule has 2 aromatic carbocycles. The van der Waals surface area contributed by atoms with Gasteiger partial charge in [0.1, 0.15) is 11.5 Å². The molecule has 0 aromatic heterocycles. The van der Waals surface area contributed by atoms with E-state index in [2.05, 4.69) is 42.0 Å². The summed E-state index contributed by atoms with van der Waals surface area (Å²) in [5.41, 5.74) is 1.27. The number of carbonyl (C=O) groups is 1. The summed E-state index contributed by atoms with van der Waals surface area (Å²) >= 11 is 3.47. The van der Waals surface area contributed by atoms with Crippen molar-refractivity contribution in [2.75, 3.05) is 18.5 Å². The van der Waals surface area contributed by atoms with E-state index in [9.17, 15) is 4.79 Å². The molecule has 1 amide bonds. The lowest BCUT2D eigenvalue weighted by atomic mass is 10.2. The molecule has 1 N–H and O–H groups in total. The maximum atomic E-state index is 12.5. The van der Waals surface area contributed by atoms with Crippen LogP contribution in [0.1, 0.15) is 44.0 Å². The van der Waals surface area contributed by atoms with Gasteiger partial charge in [0.2, 0.25) is 0 Å². The van der Waals surface area contributed by atoms with Crippen LogP contribution in [0.15, 0.2) is 46.9 Å². The molecule has 0 atom stereocenters. The molecule has 0 fully saturated rings. The molecular weight excluding hydrogens is 394 g/mol. The van der Waals surface area contributed by atoms with E-state index in [1.807, 2.05) is 30.3 Å². The van der Waals surface area contributed by atoms with Crippen molar-refractivity contribution in [3.05, 3.63) is 52.5 Å². The van der Waals surface area contributed by atoms with E-state index in [-0.39, 0.29) is 5.91 Å². The molecule has 0 saturated carbocycles. The molecule has 0 radical (unpaired) electrons. The minimum Gasteiger partial charge on any atom is -0.494 e. The van der Waals surface area contributed by atoms with E-state index in [4.69, 9.17) is 9.47 Å². The van der Waals surface area contributed by atoms with E-state index >= 15 is 0 Å². The van der Waals surface area contributed by atoms with E-state index < -0.39 is 0 Å². The number of nitrogens with one attached hydrogen (secondary N) is 1. The number of hydrogen-bond acceptors (Lipinski definition) is 3. The van der Waals surface area contributed by atoms with E-state index in [0.29, 0.717) is 30.4 Å². The normalized spacial score (nSPS) is 10.7. The number of ether oxygens (including phenoxy) is 2. The smallest absolute Gasteiger partial charge is 0.255 e. The summed E-state index contributed by atoms with van der Waals surface area (Å²) in [6, 6.07) is 12.8. The van der Waals surface area contributed by atoms with Crippen LogP contribution in [0.2, 0.25) is 0 Å². The number of amides is 1. The Morgan fingerprint density at radius 1 is 1.15 bits per heavy atom. The van der Waals surface area contributed by atoms with Gasteiger partial charge in [-0.15, -0.1) is 0 Å². The lowest BCUT2D eigenvalue weighted by molar-refractivity contribution is 0.102. The summed E-state index contributed by atoms with van der Waals surface area (Å²) in [7, 11) is 0. The second-order valence-electron chi connectivity index (χ2n) is 6.53. The molecule has 140 valence electrons. The molecule has 26 heavy (non-hydrogen) atoms. The average Bonchev–Trinajstić information content (AvgIpc) is 2.61. The van der Waals surface area contributed by atoms with Crippen molar-refractivity contribution in [1.82, 2.24) is 0 Å². The summed E-state index contributed by atoms with van der Waals surface area (Å²) in [5, 5.41) is 2.91. The van der Waals surface area contributed by atoms with Crippen molar-refractivity contribution in [3.63, 3.8) is 0 Å². The Hall–Kier alpha value is -2.01. The summed E-state index contributed by atoms with van der Waals surface area (Å²) in [6.07, 6.45) is 2.10. The minimum absolute atomic E-state index is 0.174. The summed E-state index contributed by atoms with van der Waals surface area (Å²) in [6.45, 7) is 7.62. The number of anilines is 1. The molecule has 2 rings (SSSR count). The van der Waals surface area contributed by atoms with Gasteiger partial charge in [0, 0.05) is 17.3 Å². The van der Waals surface area contributed by atoms with Gasteiger partial charge in [0.15, 0.2) is 0 Å². The zero-order valence-electron chi connectivity index (χ0n) is 15.5. The van der Waals surface area contributed by atoms with Crippen molar-refractivity contribution < 1.29 is 14.3 Å². The third-order valence-corrected chi connectivity index (χ3v) is 4.24. The van der Waals surface area contributed by atoms with Crippen molar-refractivity contribution in [2.45, 2.75) is 33.6 Å². The van der Waals surface area contributed by atoms with E-state index in [0.717, 1.165) is 28.8 Å². The third-order valence-electron chi connectivity index (χ3n) is 3.62. The highest BCUT2D eigenvalue weighted by Gasteiger charge is 2.10. The highest BCUT2D eigenvalue weighted by molar-refractivity contribution is 9.10. The molecule has 0 unspecified atom stereocenters. The van der Waals surface area contributed by atoms with Gasteiger partial charge in [-0.3, -0.25) is 4.79 Å². The first-order chi connectivity index (χ1) is 12.5. The Balaban J connectivity index is 2.01. The Morgan fingerprint density at radius 3 is 2.65 bits per heavy atom. The van der Waals surface area contributed by atoms with Crippen LogP contribution in [0.3, 0.4) is 0 Å². The number of rotatable bonds is 9. The standard InChI is InChI=1S/C21H26BrNO3/c1-4-5-11-25-18-8-6-7-17(13-18)23-21(24)16-9-10-20(19(22)12-16)26-14-15(2)3/h6-10,12-13,15H,4-5,11,14H2,1-3H3,(H,23,24). The topological polar surface area (TPSA) is 47.6 Å². The Kier molecular flexibility index (Phi) is 7.98. The fourth-order valence-electron chi connectivity index (χ4n) is 2.22. The lowest BCUT2D eigenvalue weighted by Crippen LogP contribution is -2.12. The van der Waals surface area contributed by atoms with Crippen molar-refractivity contribution in [3.8, 4) is 11.5 Å². The first-order valence-electron chi connectivity index (χ1n) is 8.96. The van der Waals surface area contributed by atoms with Crippen molar-refractivity contribution in [2.24, 2.45) is 5.92 Å². The number of benzene rings is 2. The van der Waals surface area contributed by atoms with Gasteiger partial charge in [-0.2, -0.15) is 0 Å². The SMILES string of the molecule is CCCCOc1cccc(NC(=O)c2ccc(OCC(C)C)c(Br)c2)c1. The zero-order chi connectivity index (χ0) is 18.9. The Morgan fingerprint density at radius 2 is 1.96 bits per heavy atom. The molecule has 0 aliphatic heterocycles. The molecule has 0 aliphatic rings. The molecule has 0 saturated heterocycles. The van der Waals surface area contributed by atoms with Gasteiger partial charge in [-0.1, -0.05) is 33.3 Å². The number of hydrogen-bond donors (Lipinski definition) is 1. The van der Waals surface area contributed by atoms with Crippen LogP contribution >= 0.6 is 15.9 Å². The number of halogens is 1. The Labute approximate surface area is 164 Å². The first-order valence-corrected chi connectivity index (χ1v) is 9.75. The highest BCUT2D eigenvalue weighted by atomic mass is 79.9. The maximum absolute atomic E-state index is 12.5. The fourth-order valence-corrected chi connectivity index (χ4v) is 2.71. The van der Waals surface area contributed by atoms with E-state index in [1.165, 1.54) is 0 Å². The predicted molar refractivity (Wildman–Crippen MR) is 109 cm³/mol. The van der Waals surface area contributed by atoms with Crippen LogP contribution in [0.25, 0.3) is 0 Å². The van der Waals surface area contributed by atoms with Crippen LogP contribution in [-0.4, -0.2) is 19.1 Å². The van der Waals surface area contributed by atoms with Crippen LogP contribution < -0.4 is 14.8 Å². The fraction of sp³-hybridized carbons (Fsp3) is 0.381. The van der Waals surface area contributed by atoms with Crippen molar-refractivity contribution in [1.29, 1.82) is 0 Å². The van der Waals surface area contributed by atoms with Crippen molar-refractivity contribution >= 4 is 27.5 Å². The monoisotopic (exact) mass is 419 g/mol. The predicted octanol–water partition coefficient (Wildman–Crippen LogP) is 5.92. The molecule has 0 spiro atoms. The molecule has 4 nitrogen and oxygen atoms in total. The second kappa shape index (κ2) is 10.2. The van der Waals surface area contributed by atoms with Crippen LogP contribution in [0, 0.1) is 5.92 Å². The lowest BCUT2D eigenvalue weighted by Gasteiger charge is -2.12. The van der Waals surface area contributed by atoms with Gasteiger partial charge in [0.05, 0.1) is 17.7 Å². The number of carbonyl (C=O) groups excluding carboxylic acids is 1. The first kappa shape index (κ1) is 20.3. The largest absolute Gasteiger partial charge is 0.494 e. The molecule has 0 aliphatic carbocycles. The van der Waals surface area contributed by atoms with Gasteiger partial charge in [-0.05, 0) is 58.6 Å². The summed E-state index contributed by atoms with van der Waals surface area (Å²) < 4.78 is 12.2. The van der Waals surface area contributed by atoms with Gasteiger partial charge in [-0.25, -0.2) is 0 Å². The molecule has 0 heterocycles. The molecule has 2 aromatic rings. The van der Waals surface area contributed by atoms with Crippen LogP contribution in [0.4, 0.5) is 5.69 Å².